The maximum atomic E-state index is 12.7. The highest BCUT2D eigenvalue weighted by Crippen LogP contribution is 2.56. The molecule has 6 heteroatoms. The van der Waals surface area contributed by atoms with Crippen LogP contribution in [0.25, 0.3) is 0 Å². The van der Waals surface area contributed by atoms with Gasteiger partial charge in [0.1, 0.15) is 0 Å². The monoisotopic (exact) mass is 311 g/mol. The zero-order chi connectivity index (χ0) is 15.0. The number of hydrogen-bond donors (Lipinski definition) is 2. The molecule has 0 aromatic heterocycles. The molecular weight excluding hydrogens is 286 g/mol. The van der Waals surface area contributed by atoms with Crippen LogP contribution in [0, 0.1) is 17.8 Å². The van der Waals surface area contributed by atoms with Gasteiger partial charge in [0.2, 0.25) is 5.91 Å². The number of carbonyl (C=O) groups is 1. The fourth-order valence-electron chi connectivity index (χ4n) is 4.31. The highest BCUT2D eigenvalue weighted by Gasteiger charge is 2.56. The average Bonchev–Trinajstić information content (AvgIpc) is 3.27. The van der Waals surface area contributed by atoms with Crippen LogP contribution >= 0.6 is 11.8 Å². The molecule has 1 amide bonds. The minimum absolute atomic E-state index is 0.294. The zero-order valence-corrected chi connectivity index (χ0v) is 13.4. The molecule has 21 heavy (non-hydrogen) atoms. The van der Waals surface area contributed by atoms with Crippen molar-refractivity contribution in [2.75, 3.05) is 19.3 Å². The summed E-state index contributed by atoms with van der Waals surface area (Å²) in [6.07, 6.45) is 8.62. The normalized spacial score (nSPS) is 35.2. The Morgan fingerprint density at radius 2 is 1.86 bits per heavy atom. The number of piperidine rings is 1. The fraction of sp³-hybridized carbons (Fsp3) is 0.867. The summed E-state index contributed by atoms with van der Waals surface area (Å²) >= 11 is 1.63. The lowest BCUT2D eigenvalue weighted by Crippen LogP contribution is -2.51. The number of amidine groups is 1. The first-order valence-electron chi connectivity index (χ1n) is 7.95. The van der Waals surface area contributed by atoms with Crippen molar-refractivity contribution in [3.63, 3.8) is 0 Å². The summed E-state index contributed by atoms with van der Waals surface area (Å²) in [6.45, 7) is 1.46. The third kappa shape index (κ3) is 2.51. The van der Waals surface area contributed by atoms with Gasteiger partial charge in [0.25, 0.3) is 0 Å². The molecule has 3 aliphatic rings. The van der Waals surface area contributed by atoms with E-state index in [9.17, 15) is 4.79 Å². The number of oxime groups is 1. The molecule has 3 rings (SSSR count). The molecule has 3 N–H and O–H groups in total. The smallest absolute Gasteiger partial charge is 0.226 e. The molecule has 2 atom stereocenters. The lowest BCUT2D eigenvalue weighted by atomic mass is 9.94. The fourth-order valence-corrected chi connectivity index (χ4v) is 5.15. The number of hydrogen-bond acceptors (Lipinski definition) is 4. The van der Waals surface area contributed by atoms with Crippen LogP contribution in [-0.4, -0.2) is 45.9 Å². The van der Waals surface area contributed by atoms with Crippen molar-refractivity contribution in [3.8, 4) is 0 Å². The molecule has 1 saturated heterocycles. The van der Waals surface area contributed by atoms with Crippen molar-refractivity contribution in [1.82, 2.24) is 4.90 Å². The van der Waals surface area contributed by atoms with Gasteiger partial charge in [-0.15, -0.1) is 0 Å². The summed E-state index contributed by atoms with van der Waals surface area (Å²) in [7, 11) is 0. The summed E-state index contributed by atoms with van der Waals surface area (Å²) in [5.74, 6) is 2.30. The Bertz CT molecular complexity index is 434. The molecule has 3 fully saturated rings. The number of fused-ring (bicyclic) bond motifs is 1. The minimum atomic E-state index is -0.304. The second-order valence-electron chi connectivity index (χ2n) is 6.65. The number of carbonyl (C=O) groups excluding carboxylic acids is 1. The first-order chi connectivity index (χ1) is 10.1. The molecule has 0 aromatic rings. The molecule has 0 spiro atoms. The maximum absolute atomic E-state index is 12.7. The maximum Gasteiger partial charge on any atom is 0.226 e. The van der Waals surface area contributed by atoms with Crippen LogP contribution in [-0.2, 0) is 4.79 Å². The van der Waals surface area contributed by atoms with E-state index in [1.165, 1.54) is 25.7 Å². The minimum Gasteiger partial charge on any atom is -0.409 e. The van der Waals surface area contributed by atoms with E-state index in [0.29, 0.717) is 29.5 Å². The molecule has 0 radical (unpaired) electrons. The van der Waals surface area contributed by atoms with Gasteiger partial charge in [-0.05, 0) is 43.8 Å². The molecule has 2 aliphatic carbocycles. The summed E-state index contributed by atoms with van der Waals surface area (Å²) in [5.41, 5.74) is 5.86. The van der Waals surface area contributed by atoms with Crippen molar-refractivity contribution < 1.29 is 10.0 Å². The van der Waals surface area contributed by atoms with E-state index >= 15 is 0 Å². The van der Waals surface area contributed by atoms with Crippen molar-refractivity contribution in [3.05, 3.63) is 0 Å². The second-order valence-corrected chi connectivity index (χ2v) is 7.84. The van der Waals surface area contributed by atoms with Crippen LogP contribution in [0.5, 0.6) is 0 Å². The van der Waals surface area contributed by atoms with Gasteiger partial charge in [0, 0.05) is 19.0 Å². The third-order valence-corrected chi connectivity index (χ3v) is 7.19. The van der Waals surface area contributed by atoms with Crippen LogP contribution in [0.4, 0.5) is 0 Å². The van der Waals surface area contributed by atoms with Gasteiger partial charge in [-0.2, -0.15) is 11.8 Å². The van der Waals surface area contributed by atoms with E-state index in [4.69, 9.17) is 10.9 Å². The van der Waals surface area contributed by atoms with E-state index in [0.717, 1.165) is 25.9 Å². The number of nitrogens with two attached hydrogens (primary N) is 1. The van der Waals surface area contributed by atoms with Crippen LogP contribution in [0.15, 0.2) is 5.16 Å². The molecule has 2 unspecified atom stereocenters. The van der Waals surface area contributed by atoms with Gasteiger partial charge in [0.05, 0.1) is 4.75 Å². The Morgan fingerprint density at radius 3 is 2.33 bits per heavy atom. The Kier molecular flexibility index (Phi) is 4.08. The molecule has 118 valence electrons. The topological polar surface area (TPSA) is 78.9 Å². The number of likely N-dealkylation sites (tertiary alicyclic amines) is 1. The Hall–Kier alpha value is -0.910. The molecule has 0 aromatic carbocycles. The molecule has 1 aliphatic heterocycles. The highest BCUT2D eigenvalue weighted by atomic mass is 32.2. The molecule has 0 bridgehead atoms. The summed E-state index contributed by atoms with van der Waals surface area (Å²) in [5, 5.41) is 12.2. The van der Waals surface area contributed by atoms with E-state index in [-0.39, 0.29) is 4.75 Å². The number of rotatable bonds is 3. The van der Waals surface area contributed by atoms with E-state index < -0.39 is 0 Å². The van der Waals surface area contributed by atoms with E-state index in [2.05, 4.69) is 5.16 Å². The van der Waals surface area contributed by atoms with Crippen molar-refractivity contribution in [2.45, 2.75) is 43.3 Å². The predicted molar refractivity (Wildman–Crippen MR) is 84.4 cm³/mol. The number of thioether (sulfide) groups is 1. The Labute approximate surface area is 130 Å². The number of nitrogens with zero attached hydrogens (tertiary/aromatic N) is 2. The van der Waals surface area contributed by atoms with Gasteiger partial charge in [-0.25, -0.2) is 0 Å². The first kappa shape index (κ1) is 15.0. The third-order valence-electron chi connectivity index (χ3n) is 5.79. The molecule has 2 saturated carbocycles. The van der Waals surface area contributed by atoms with Gasteiger partial charge >= 0.3 is 0 Å². The quantitative estimate of drug-likeness (QED) is 0.361. The van der Waals surface area contributed by atoms with Crippen molar-refractivity contribution >= 4 is 23.5 Å². The average molecular weight is 311 g/mol. The molecular formula is C15H25N3O2S. The van der Waals surface area contributed by atoms with Gasteiger partial charge in [0.15, 0.2) is 5.84 Å². The molecule has 5 nitrogen and oxygen atoms in total. The van der Waals surface area contributed by atoms with Crippen LogP contribution < -0.4 is 5.73 Å². The SMILES string of the molecule is CSC1(C(N)=NO)CCN(C(=O)C2C3CCCCC32)CC1. The zero-order valence-electron chi connectivity index (χ0n) is 12.6. The predicted octanol–water partition coefficient (Wildman–Crippen LogP) is 1.89. The van der Waals surface area contributed by atoms with Gasteiger partial charge in [-0.3, -0.25) is 4.79 Å². The standard InChI is InChI=1S/C15H25N3O2S/c1-21-15(14(16)17-20)6-8-18(9-7-15)13(19)12-10-4-2-3-5-11(10)12/h10-12,20H,2-9H2,1H3,(H2,16,17). The summed E-state index contributed by atoms with van der Waals surface area (Å²) < 4.78 is -0.304. The lowest BCUT2D eigenvalue weighted by molar-refractivity contribution is -0.134. The van der Waals surface area contributed by atoms with E-state index in [1.807, 2.05) is 11.2 Å². The number of amides is 1. The summed E-state index contributed by atoms with van der Waals surface area (Å²) in [4.78, 5) is 14.7. The highest BCUT2D eigenvalue weighted by molar-refractivity contribution is 8.00. The van der Waals surface area contributed by atoms with Crippen LogP contribution in [0.3, 0.4) is 0 Å². The van der Waals surface area contributed by atoms with Gasteiger partial charge in [-0.1, -0.05) is 18.0 Å². The lowest BCUT2D eigenvalue weighted by Gasteiger charge is -2.39. The van der Waals surface area contributed by atoms with Gasteiger partial charge < -0.3 is 15.8 Å². The Balaban J connectivity index is 1.60. The van der Waals surface area contributed by atoms with Crippen LogP contribution in [0.1, 0.15) is 38.5 Å². The molecule has 1 heterocycles. The van der Waals surface area contributed by atoms with E-state index in [1.54, 1.807) is 11.8 Å². The van der Waals surface area contributed by atoms with Crippen molar-refractivity contribution in [2.24, 2.45) is 28.6 Å². The first-order valence-corrected chi connectivity index (χ1v) is 9.17. The Morgan fingerprint density at radius 1 is 1.29 bits per heavy atom. The van der Waals surface area contributed by atoms with Crippen molar-refractivity contribution in [1.29, 1.82) is 0 Å². The largest absolute Gasteiger partial charge is 0.409 e. The second kappa shape index (κ2) is 5.71. The summed E-state index contributed by atoms with van der Waals surface area (Å²) in [6, 6.07) is 0. The van der Waals surface area contributed by atoms with Crippen LogP contribution in [0.2, 0.25) is 0 Å².